The lowest BCUT2D eigenvalue weighted by Gasteiger charge is -2.56. The molecule has 1 aromatic rings. The first-order valence-corrected chi connectivity index (χ1v) is 12.1. The van der Waals surface area contributed by atoms with Crippen LogP contribution in [0.3, 0.4) is 0 Å². The molecule has 1 amide bonds. The molecular formula is C26H38N2O3. The van der Waals surface area contributed by atoms with Crippen LogP contribution in [0, 0.1) is 18.8 Å². The highest BCUT2D eigenvalue weighted by atomic mass is 16.5. The van der Waals surface area contributed by atoms with Gasteiger partial charge in [-0.1, -0.05) is 30.7 Å². The maximum atomic E-state index is 12.4. The van der Waals surface area contributed by atoms with Gasteiger partial charge in [-0.2, -0.15) is 0 Å². The summed E-state index contributed by atoms with van der Waals surface area (Å²) in [5.74, 6) is 1.04. The summed E-state index contributed by atoms with van der Waals surface area (Å²) in [7, 11) is 1.35. The summed E-state index contributed by atoms with van der Waals surface area (Å²) in [6.07, 6.45) is 7.45. The fraction of sp³-hybridized carbons (Fsp3) is 0.692. The highest BCUT2D eigenvalue weighted by Gasteiger charge is 2.51. The monoisotopic (exact) mass is 426 g/mol. The Morgan fingerprint density at radius 2 is 2.10 bits per heavy atom. The van der Waals surface area contributed by atoms with E-state index in [-0.39, 0.29) is 11.3 Å². The second-order valence-electron chi connectivity index (χ2n) is 10.2. The molecule has 1 saturated heterocycles. The number of piperidine rings is 1. The molecule has 1 N–H and O–H groups in total. The number of aryl methyl sites for hydroxylation is 1. The number of likely N-dealkylation sites (tertiary alicyclic amines) is 1. The van der Waals surface area contributed by atoms with E-state index < -0.39 is 12.0 Å². The zero-order chi connectivity index (χ0) is 22.2. The van der Waals surface area contributed by atoms with Crippen LogP contribution in [0.1, 0.15) is 69.1 Å². The van der Waals surface area contributed by atoms with Crippen LogP contribution in [-0.2, 0) is 26.2 Å². The zero-order valence-corrected chi connectivity index (χ0v) is 19.6. The minimum atomic E-state index is -0.595. The minimum absolute atomic E-state index is 0.0649. The van der Waals surface area contributed by atoms with E-state index in [9.17, 15) is 9.59 Å². The molecule has 0 aromatic heterocycles. The number of ether oxygens (including phenoxy) is 1. The number of hydrogen-bond donors (Lipinski definition) is 1. The van der Waals surface area contributed by atoms with Crippen molar-refractivity contribution in [3.63, 3.8) is 0 Å². The number of fused-ring (bicyclic) bond motifs is 4. The second kappa shape index (κ2) is 8.93. The first-order valence-electron chi connectivity index (χ1n) is 12.1. The quantitative estimate of drug-likeness (QED) is 0.643. The van der Waals surface area contributed by atoms with E-state index in [2.05, 4.69) is 42.3 Å². The van der Waals surface area contributed by atoms with Gasteiger partial charge in [0.05, 0.1) is 7.11 Å². The lowest BCUT2D eigenvalue weighted by Crippen LogP contribution is -2.59. The van der Waals surface area contributed by atoms with Gasteiger partial charge < -0.3 is 10.1 Å². The van der Waals surface area contributed by atoms with Crippen LogP contribution >= 0.6 is 0 Å². The highest BCUT2D eigenvalue weighted by molar-refractivity contribution is 5.84. The first-order chi connectivity index (χ1) is 14.8. The second-order valence-corrected chi connectivity index (χ2v) is 10.2. The van der Waals surface area contributed by atoms with Crippen molar-refractivity contribution in [1.82, 2.24) is 10.2 Å². The van der Waals surface area contributed by atoms with Crippen molar-refractivity contribution in [2.24, 2.45) is 11.8 Å². The molecule has 170 valence electrons. The molecule has 4 atom stereocenters. The summed E-state index contributed by atoms with van der Waals surface area (Å²) in [6.45, 7) is 8.75. The topological polar surface area (TPSA) is 58.6 Å². The molecule has 1 aliphatic heterocycles. The predicted octanol–water partition coefficient (Wildman–Crippen LogP) is 3.76. The molecule has 3 aliphatic rings. The minimum Gasteiger partial charge on any atom is -0.467 e. The molecule has 4 unspecified atom stereocenters. The first kappa shape index (κ1) is 22.3. The van der Waals surface area contributed by atoms with E-state index in [0.29, 0.717) is 18.4 Å². The molecule has 4 rings (SSSR count). The Labute approximate surface area is 186 Å². The molecule has 2 aliphatic carbocycles. The standard InChI is InChI=1S/C26H38N2O3/c1-17-7-10-21-15-23-18(2)26(22(21)14-17,12-13-28(23)16-20-8-9-20)11-5-6-24(29)27-19(3)25(30)31-4/h7,10,14,18-20,23H,5-6,8-9,11-13,15-16H2,1-4H3,(H,27,29). The number of hydrogen-bond acceptors (Lipinski definition) is 4. The number of nitrogens with one attached hydrogen (secondary N) is 1. The Kier molecular flexibility index (Phi) is 6.43. The molecule has 2 fully saturated rings. The van der Waals surface area contributed by atoms with Gasteiger partial charge in [0.15, 0.2) is 0 Å². The number of rotatable bonds is 8. The van der Waals surface area contributed by atoms with Gasteiger partial charge >= 0.3 is 5.97 Å². The largest absolute Gasteiger partial charge is 0.467 e. The number of carbonyl (C=O) groups excluding carboxylic acids is 2. The third-order valence-electron chi connectivity index (χ3n) is 8.14. The van der Waals surface area contributed by atoms with E-state index in [1.54, 1.807) is 6.92 Å². The maximum absolute atomic E-state index is 12.4. The van der Waals surface area contributed by atoms with Crippen molar-refractivity contribution in [2.45, 2.75) is 83.2 Å². The number of nitrogens with zero attached hydrogens (tertiary/aromatic N) is 1. The van der Waals surface area contributed by atoms with Gasteiger partial charge in [0.1, 0.15) is 6.04 Å². The molecule has 1 saturated carbocycles. The van der Waals surface area contributed by atoms with Crippen molar-refractivity contribution in [3.8, 4) is 0 Å². The van der Waals surface area contributed by atoms with Crippen molar-refractivity contribution in [2.75, 3.05) is 20.2 Å². The van der Waals surface area contributed by atoms with Gasteiger partial charge in [-0.3, -0.25) is 9.69 Å². The smallest absolute Gasteiger partial charge is 0.328 e. The summed E-state index contributed by atoms with van der Waals surface area (Å²) < 4.78 is 4.71. The molecule has 0 radical (unpaired) electrons. The van der Waals surface area contributed by atoms with Crippen molar-refractivity contribution < 1.29 is 14.3 Å². The third kappa shape index (κ3) is 4.52. The zero-order valence-electron chi connectivity index (χ0n) is 19.6. The van der Waals surface area contributed by atoms with Crippen LogP contribution in [0.4, 0.5) is 0 Å². The van der Waals surface area contributed by atoms with Crippen LogP contribution in [0.5, 0.6) is 0 Å². The average molecular weight is 427 g/mol. The van der Waals surface area contributed by atoms with Gasteiger partial charge in [0, 0.05) is 24.4 Å². The predicted molar refractivity (Wildman–Crippen MR) is 122 cm³/mol. The number of amides is 1. The van der Waals surface area contributed by atoms with Gasteiger partial charge in [-0.25, -0.2) is 4.79 Å². The molecule has 5 heteroatoms. The Morgan fingerprint density at radius 1 is 1.32 bits per heavy atom. The van der Waals surface area contributed by atoms with Crippen LogP contribution in [0.25, 0.3) is 0 Å². The van der Waals surface area contributed by atoms with Gasteiger partial charge in [0.2, 0.25) is 5.91 Å². The van der Waals surface area contributed by atoms with Crippen LogP contribution in [0.2, 0.25) is 0 Å². The van der Waals surface area contributed by atoms with E-state index in [1.165, 1.54) is 56.2 Å². The lowest BCUT2D eigenvalue weighted by molar-refractivity contribution is -0.144. The summed E-state index contributed by atoms with van der Waals surface area (Å²) in [6, 6.07) is 7.03. The van der Waals surface area contributed by atoms with E-state index >= 15 is 0 Å². The SMILES string of the molecule is COC(=O)C(C)NC(=O)CCCC12CCN(CC3CC3)C(Cc3ccc(C)cc31)C2C. The molecule has 31 heavy (non-hydrogen) atoms. The highest BCUT2D eigenvalue weighted by Crippen LogP contribution is 2.52. The molecule has 1 heterocycles. The number of benzene rings is 1. The lowest BCUT2D eigenvalue weighted by atomic mass is 9.56. The van der Waals surface area contributed by atoms with Crippen molar-refractivity contribution in [1.29, 1.82) is 0 Å². The number of carbonyl (C=O) groups is 2. The van der Waals surface area contributed by atoms with Crippen molar-refractivity contribution in [3.05, 3.63) is 34.9 Å². The maximum Gasteiger partial charge on any atom is 0.328 e. The van der Waals surface area contributed by atoms with Crippen LogP contribution in [-0.4, -0.2) is 49.1 Å². The van der Waals surface area contributed by atoms with E-state index in [4.69, 9.17) is 4.74 Å². The Bertz CT molecular complexity index is 834. The van der Waals surface area contributed by atoms with Gasteiger partial charge in [-0.15, -0.1) is 0 Å². The molecule has 1 aromatic carbocycles. The van der Waals surface area contributed by atoms with Gasteiger partial charge in [-0.05, 0) is 81.9 Å². The average Bonchev–Trinajstić information content (AvgIpc) is 3.56. The Balaban J connectivity index is 1.48. The van der Waals surface area contributed by atoms with Crippen molar-refractivity contribution >= 4 is 11.9 Å². The fourth-order valence-electron chi connectivity index (χ4n) is 6.12. The summed E-state index contributed by atoms with van der Waals surface area (Å²) in [4.78, 5) is 26.8. The number of methoxy groups -OCH3 is 1. The summed E-state index contributed by atoms with van der Waals surface area (Å²) >= 11 is 0. The normalized spacial score (nSPS) is 28.5. The molecular weight excluding hydrogens is 388 g/mol. The third-order valence-corrected chi connectivity index (χ3v) is 8.14. The van der Waals surface area contributed by atoms with E-state index in [0.717, 1.165) is 25.2 Å². The van der Waals surface area contributed by atoms with E-state index in [1.807, 2.05) is 0 Å². The number of esters is 1. The van der Waals surface area contributed by atoms with Crippen LogP contribution in [0.15, 0.2) is 18.2 Å². The Hall–Kier alpha value is -1.88. The summed E-state index contributed by atoms with van der Waals surface area (Å²) in [5.41, 5.74) is 4.52. The fourth-order valence-corrected chi connectivity index (χ4v) is 6.12. The molecule has 2 bridgehead atoms. The Morgan fingerprint density at radius 3 is 2.81 bits per heavy atom. The molecule has 0 spiro atoms. The summed E-state index contributed by atoms with van der Waals surface area (Å²) in [5, 5.41) is 2.77. The van der Waals surface area contributed by atoms with Gasteiger partial charge in [0.25, 0.3) is 0 Å². The van der Waals surface area contributed by atoms with Crippen LogP contribution < -0.4 is 5.32 Å². The molecule has 5 nitrogen and oxygen atoms in total.